The lowest BCUT2D eigenvalue weighted by Gasteiger charge is -2.34. The third kappa shape index (κ3) is 8.84. The average Bonchev–Trinajstić information content (AvgIpc) is 2.48. The predicted octanol–water partition coefficient (Wildman–Crippen LogP) is 3.04. The molecule has 0 bridgehead atoms. The van der Waals surface area contributed by atoms with E-state index in [-0.39, 0.29) is 0 Å². The standard InChI is InChI=1S/C11H20O2.C8H14O2/c1-5-7-9(12)11(3,4)10(13)8-6-2;1-4-5-7(10)8(2,3)6-9/h5-6,9-10,12-13H,1-2,7-8H2,3-4H3;4,6-7,10H,1,5H2,2-3H3/t9-,10-;7-/m11/s1. The largest absolute Gasteiger partial charge is 0.392 e. The molecule has 0 aliphatic carbocycles. The van der Waals surface area contributed by atoms with Gasteiger partial charge in [-0.25, -0.2) is 0 Å². The second-order valence-electron chi connectivity index (χ2n) is 6.88. The SMILES string of the molecule is C=CC[C@@H](O)C(C)(C)C=O.C=CC[C@@H](O)C(C)(C)[C@H](O)CC=C. The maximum absolute atomic E-state index is 10.3. The van der Waals surface area contributed by atoms with Crippen LogP contribution in [0.15, 0.2) is 38.0 Å². The molecule has 0 aliphatic rings. The first-order valence-corrected chi connectivity index (χ1v) is 7.84. The fourth-order valence-electron chi connectivity index (χ4n) is 1.69. The topological polar surface area (TPSA) is 77.8 Å². The lowest BCUT2D eigenvalue weighted by atomic mass is 9.78. The van der Waals surface area contributed by atoms with E-state index < -0.39 is 29.1 Å². The number of aldehydes is 1. The fraction of sp³-hybridized carbons (Fsp3) is 0.632. The quantitative estimate of drug-likeness (QED) is 0.426. The van der Waals surface area contributed by atoms with E-state index >= 15 is 0 Å². The summed E-state index contributed by atoms with van der Waals surface area (Å²) in [6.07, 6.45) is 5.44. The van der Waals surface area contributed by atoms with Gasteiger partial charge in [0.25, 0.3) is 0 Å². The molecule has 0 fully saturated rings. The first-order chi connectivity index (χ1) is 10.5. The zero-order valence-electron chi connectivity index (χ0n) is 15.0. The molecule has 0 amide bonds. The molecule has 0 radical (unpaired) electrons. The fourth-order valence-corrected chi connectivity index (χ4v) is 1.69. The summed E-state index contributed by atoms with van der Waals surface area (Å²) in [4.78, 5) is 10.3. The molecule has 0 unspecified atom stereocenters. The lowest BCUT2D eigenvalue weighted by Crippen LogP contribution is -2.39. The van der Waals surface area contributed by atoms with E-state index in [4.69, 9.17) is 0 Å². The summed E-state index contributed by atoms with van der Waals surface area (Å²) in [5.41, 5.74) is -1.16. The summed E-state index contributed by atoms with van der Waals surface area (Å²) < 4.78 is 0. The minimum absolute atomic E-state index is 0.464. The zero-order valence-corrected chi connectivity index (χ0v) is 15.0. The van der Waals surface area contributed by atoms with Crippen LogP contribution in [0.4, 0.5) is 0 Å². The van der Waals surface area contributed by atoms with E-state index in [1.807, 2.05) is 13.8 Å². The Morgan fingerprint density at radius 2 is 1.09 bits per heavy atom. The van der Waals surface area contributed by atoms with Crippen LogP contribution in [0.3, 0.4) is 0 Å². The Hall–Kier alpha value is -1.23. The van der Waals surface area contributed by atoms with Crippen LogP contribution in [0.5, 0.6) is 0 Å². The Morgan fingerprint density at radius 3 is 1.35 bits per heavy atom. The van der Waals surface area contributed by atoms with E-state index in [1.54, 1.807) is 32.1 Å². The van der Waals surface area contributed by atoms with E-state index in [9.17, 15) is 20.1 Å². The molecule has 0 aromatic rings. The number of aliphatic hydroxyl groups is 3. The van der Waals surface area contributed by atoms with Crippen LogP contribution in [0.2, 0.25) is 0 Å². The average molecular weight is 326 g/mol. The van der Waals surface area contributed by atoms with Gasteiger partial charge < -0.3 is 20.1 Å². The van der Waals surface area contributed by atoms with Crippen molar-refractivity contribution in [2.75, 3.05) is 0 Å². The molecule has 0 aromatic heterocycles. The van der Waals surface area contributed by atoms with Crippen molar-refractivity contribution < 1.29 is 20.1 Å². The Morgan fingerprint density at radius 1 is 0.783 bits per heavy atom. The summed E-state index contributed by atoms with van der Waals surface area (Å²) in [6, 6.07) is 0. The van der Waals surface area contributed by atoms with Crippen LogP contribution in [0.25, 0.3) is 0 Å². The maximum Gasteiger partial charge on any atom is 0.128 e. The van der Waals surface area contributed by atoms with Crippen LogP contribution >= 0.6 is 0 Å². The van der Waals surface area contributed by atoms with Gasteiger partial charge in [-0.15, -0.1) is 19.7 Å². The maximum atomic E-state index is 10.3. The van der Waals surface area contributed by atoms with Gasteiger partial charge in [0.1, 0.15) is 6.29 Å². The number of hydrogen-bond donors (Lipinski definition) is 3. The van der Waals surface area contributed by atoms with Crippen molar-refractivity contribution in [3.05, 3.63) is 38.0 Å². The molecular weight excluding hydrogens is 292 g/mol. The molecule has 0 aromatic carbocycles. The molecule has 0 saturated heterocycles. The number of carbonyl (C=O) groups excluding carboxylic acids is 1. The van der Waals surface area contributed by atoms with E-state index in [1.165, 1.54) is 0 Å². The molecule has 4 nitrogen and oxygen atoms in total. The van der Waals surface area contributed by atoms with Gasteiger partial charge in [-0.2, -0.15) is 0 Å². The van der Waals surface area contributed by atoms with E-state index in [2.05, 4.69) is 19.7 Å². The van der Waals surface area contributed by atoms with Gasteiger partial charge in [0, 0.05) is 10.8 Å². The van der Waals surface area contributed by atoms with Crippen LogP contribution < -0.4 is 0 Å². The molecule has 0 rings (SSSR count). The van der Waals surface area contributed by atoms with Crippen molar-refractivity contribution in [1.82, 2.24) is 0 Å². The van der Waals surface area contributed by atoms with E-state index in [0.717, 1.165) is 6.29 Å². The van der Waals surface area contributed by atoms with Gasteiger partial charge in [-0.1, -0.05) is 45.9 Å². The first-order valence-electron chi connectivity index (χ1n) is 7.84. The van der Waals surface area contributed by atoms with Crippen molar-refractivity contribution in [1.29, 1.82) is 0 Å². The molecular formula is C19H34O4. The van der Waals surface area contributed by atoms with E-state index in [0.29, 0.717) is 19.3 Å². The number of carbonyl (C=O) groups is 1. The Kier molecular flexibility index (Phi) is 11.8. The Labute approximate surface area is 141 Å². The summed E-state index contributed by atoms with van der Waals surface area (Å²) >= 11 is 0. The molecule has 0 heterocycles. The second kappa shape index (κ2) is 11.3. The molecule has 134 valence electrons. The number of aliphatic hydroxyl groups excluding tert-OH is 3. The smallest absolute Gasteiger partial charge is 0.128 e. The highest BCUT2D eigenvalue weighted by Crippen LogP contribution is 2.29. The van der Waals surface area contributed by atoms with Crippen molar-refractivity contribution in [3.63, 3.8) is 0 Å². The van der Waals surface area contributed by atoms with Crippen molar-refractivity contribution >= 4 is 6.29 Å². The molecule has 0 aliphatic heterocycles. The molecule has 4 heteroatoms. The minimum Gasteiger partial charge on any atom is -0.392 e. The van der Waals surface area contributed by atoms with Crippen LogP contribution in [0.1, 0.15) is 47.0 Å². The summed E-state index contributed by atoms with van der Waals surface area (Å²) in [6.45, 7) is 17.7. The highest BCUT2D eigenvalue weighted by atomic mass is 16.3. The third-order valence-electron chi connectivity index (χ3n) is 4.05. The number of hydrogen-bond acceptors (Lipinski definition) is 4. The molecule has 3 N–H and O–H groups in total. The normalized spacial score (nSPS) is 15.4. The number of rotatable bonds is 10. The predicted molar refractivity (Wildman–Crippen MR) is 96.1 cm³/mol. The van der Waals surface area contributed by atoms with Crippen LogP contribution in [0, 0.1) is 10.8 Å². The van der Waals surface area contributed by atoms with Crippen molar-refractivity contribution in [3.8, 4) is 0 Å². The summed E-state index contributed by atoms with van der Waals surface area (Å²) in [5, 5.41) is 28.7. The van der Waals surface area contributed by atoms with Gasteiger partial charge in [0.05, 0.1) is 18.3 Å². The first kappa shape index (κ1) is 24.0. The summed E-state index contributed by atoms with van der Waals surface area (Å²) in [5.74, 6) is 0. The molecule has 23 heavy (non-hydrogen) atoms. The monoisotopic (exact) mass is 326 g/mol. The van der Waals surface area contributed by atoms with Gasteiger partial charge >= 0.3 is 0 Å². The molecule has 0 spiro atoms. The van der Waals surface area contributed by atoms with Gasteiger partial charge in [-0.3, -0.25) is 0 Å². The van der Waals surface area contributed by atoms with Gasteiger partial charge in [-0.05, 0) is 19.3 Å². The van der Waals surface area contributed by atoms with Gasteiger partial charge in [0.15, 0.2) is 0 Å². The summed E-state index contributed by atoms with van der Waals surface area (Å²) in [7, 11) is 0. The third-order valence-corrected chi connectivity index (χ3v) is 4.05. The van der Waals surface area contributed by atoms with Crippen LogP contribution in [-0.2, 0) is 4.79 Å². The molecule has 0 saturated carbocycles. The van der Waals surface area contributed by atoms with Crippen molar-refractivity contribution in [2.24, 2.45) is 10.8 Å². The molecule has 3 atom stereocenters. The highest BCUT2D eigenvalue weighted by molar-refractivity contribution is 5.58. The minimum atomic E-state index is -0.645. The Balaban J connectivity index is 0. The highest BCUT2D eigenvalue weighted by Gasteiger charge is 2.33. The second-order valence-corrected chi connectivity index (χ2v) is 6.88. The zero-order chi connectivity index (χ0) is 18.7. The van der Waals surface area contributed by atoms with Crippen LogP contribution in [-0.4, -0.2) is 39.9 Å². The van der Waals surface area contributed by atoms with Gasteiger partial charge in [0.2, 0.25) is 0 Å². The lowest BCUT2D eigenvalue weighted by molar-refractivity contribution is -0.119. The van der Waals surface area contributed by atoms with Crippen molar-refractivity contribution in [2.45, 2.75) is 65.3 Å². The Bertz CT molecular complexity index is 354.